The third-order valence-corrected chi connectivity index (χ3v) is 2.14. The van der Waals surface area contributed by atoms with Crippen molar-refractivity contribution in [3.05, 3.63) is 19.1 Å². The molecule has 0 aromatic heterocycles. The Kier molecular flexibility index (Phi) is 5.28. The minimum atomic E-state index is 0.379. The van der Waals surface area contributed by atoms with Gasteiger partial charge in [-0.25, -0.2) is 0 Å². The van der Waals surface area contributed by atoms with Crippen molar-refractivity contribution in [2.45, 2.75) is 47.0 Å². The Hall–Kier alpha value is -0.260. The molecule has 1 unspecified atom stereocenters. The maximum atomic E-state index is 3.99. The van der Waals surface area contributed by atoms with E-state index in [9.17, 15) is 0 Å². The minimum Gasteiger partial charge on any atom is -0.0911 e. The molecule has 12 heavy (non-hydrogen) atoms. The maximum Gasteiger partial charge on any atom is -0.0175 e. The van der Waals surface area contributed by atoms with Gasteiger partial charge in [-0.1, -0.05) is 52.7 Å². The number of hydrogen-bond acceptors (Lipinski definition) is 0. The van der Waals surface area contributed by atoms with Crippen LogP contribution < -0.4 is 0 Å². The van der Waals surface area contributed by atoms with E-state index in [4.69, 9.17) is 0 Å². The molecule has 0 aromatic carbocycles. The number of allylic oxidation sites excluding steroid dienone is 2. The van der Waals surface area contributed by atoms with Gasteiger partial charge in [0.1, 0.15) is 0 Å². The molecule has 0 N–H and O–H groups in total. The molecular weight excluding hydrogens is 144 g/mol. The maximum absolute atomic E-state index is 3.99. The Morgan fingerprint density at radius 1 is 1.42 bits per heavy atom. The van der Waals surface area contributed by atoms with Gasteiger partial charge in [0.15, 0.2) is 0 Å². The SMILES string of the molecule is [CH2]C(C)CCCC(C)(C)/C=C/C. The van der Waals surface area contributed by atoms with E-state index in [2.05, 4.69) is 46.8 Å². The Bertz CT molecular complexity index is 129. The van der Waals surface area contributed by atoms with E-state index in [0.717, 1.165) is 0 Å². The van der Waals surface area contributed by atoms with Crippen LogP contribution >= 0.6 is 0 Å². The standard InChI is InChI=1S/C12H23/c1-6-9-12(4,5)10-7-8-11(2)3/h6,9,11H,2,7-8,10H2,1,3-5H3/b9-6+. The third-order valence-electron chi connectivity index (χ3n) is 2.14. The molecule has 1 radical (unpaired) electrons. The second-order valence-corrected chi connectivity index (χ2v) is 4.49. The quantitative estimate of drug-likeness (QED) is 0.537. The molecule has 71 valence electrons. The molecule has 0 fully saturated rings. The van der Waals surface area contributed by atoms with E-state index in [-0.39, 0.29) is 0 Å². The number of hydrogen-bond donors (Lipinski definition) is 0. The molecule has 0 rings (SSSR count). The van der Waals surface area contributed by atoms with E-state index in [1.54, 1.807) is 0 Å². The van der Waals surface area contributed by atoms with Gasteiger partial charge in [-0.3, -0.25) is 0 Å². The highest BCUT2D eigenvalue weighted by Gasteiger charge is 2.12. The van der Waals surface area contributed by atoms with Crippen LogP contribution in [-0.2, 0) is 0 Å². The van der Waals surface area contributed by atoms with Gasteiger partial charge in [0.2, 0.25) is 0 Å². The topological polar surface area (TPSA) is 0 Å². The lowest BCUT2D eigenvalue weighted by Gasteiger charge is -2.20. The van der Waals surface area contributed by atoms with E-state index >= 15 is 0 Å². The predicted molar refractivity (Wildman–Crippen MR) is 57.0 cm³/mol. The molecular formula is C12H23. The summed E-state index contributed by atoms with van der Waals surface area (Å²) < 4.78 is 0. The van der Waals surface area contributed by atoms with Crippen LogP contribution in [0.25, 0.3) is 0 Å². The highest BCUT2D eigenvalue weighted by Crippen LogP contribution is 2.25. The lowest BCUT2D eigenvalue weighted by atomic mass is 9.86. The van der Waals surface area contributed by atoms with Crippen LogP contribution in [0.5, 0.6) is 0 Å². The average molecular weight is 167 g/mol. The Morgan fingerprint density at radius 3 is 2.42 bits per heavy atom. The van der Waals surface area contributed by atoms with Gasteiger partial charge in [-0.05, 0) is 24.7 Å². The molecule has 0 spiro atoms. The van der Waals surface area contributed by atoms with Crippen LogP contribution in [0.15, 0.2) is 12.2 Å². The van der Waals surface area contributed by atoms with Crippen LogP contribution in [-0.4, -0.2) is 0 Å². The molecule has 0 amide bonds. The zero-order valence-electron chi connectivity index (χ0n) is 9.06. The van der Waals surface area contributed by atoms with Crippen LogP contribution in [0.3, 0.4) is 0 Å². The molecule has 0 heteroatoms. The van der Waals surface area contributed by atoms with Crippen molar-refractivity contribution in [2.75, 3.05) is 0 Å². The first-order valence-corrected chi connectivity index (χ1v) is 4.95. The average Bonchev–Trinajstić information content (AvgIpc) is 1.85. The van der Waals surface area contributed by atoms with Gasteiger partial charge >= 0.3 is 0 Å². The molecule has 1 atom stereocenters. The van der Waals surface area contributed by atoms with Crippen molar-refractivity contribution in [3.63, 3.8) is 0 Å². The second kappa shape index (κ2) is 5.40. The predicted octanol–water partition coefficient (Wildman–Crippen LogP) is 4.23. The Labute approximate surface area is 78.1 Å². The summed E-state index contributed by atoms with van der Waals surface area (Å²) >= 11 is 0. The van der Waals surface area contributed by atoms with Crippen LogP contribution in [0.2, 0.25) is 0 Å². The van der Waals surface area contributed by atoms with E-state index < -0.39 is 0 Å². The fourth-order valence-corrected chi connectivity index (χ4v) is 1.44. The van der Waals surface area contributed by atoms with E-state index in [1.165, 1.54) is 19.3 Å². The van der Waals surface area contributed by atoms with Gasteiger partial charge in [0.05, 0.1) is 0 Å². The monoisotopic (exact) mass is 167 g/mol. The van der Waals surface area contributed by atoms with Crippen LogP contribution in [0.4, 0.5) is 0 Å². The van der Waals surface area contributed by atoms with Crippen LogP contribution in [0, 0.1) is 18.3 Å². The summed E-state index contributed by atoms with van der Waals surface area (Å²) in [4.78, 5) is 0. The normalized spacial score (nSPS) is 13.2. The van der Waals surface area contributed by atoms with Crippen molar-refractivity contribution in [1.82, 2.24) is 0 Å². The highest BCUT2D eigenvalue weighted by molar-refractivity contribution is 4.92. The Morgan fingerprint density at radius 2 is 2.00 bits per heavy atom. The van der Waals surface area contributed by atoms with Gasteiger partial charge < -0.3 is 0 Å². The molecule has 0 nitrogen and oxygen atoms in total. The van der Waals surface area contributed by atoms with Gasteiger partial charge in [-0.15, -0.1) is 0 Å². The van der Waals surface area contributed by atoms with Crippen LogP contribution in [0.1, 0.15) is 47.0 Å². The first-order valence-electron chi connectivity index (χ1n) is 4.95. The van der Waals surface area contributed by atoms with Crippen molar-refractivity contribution in [2.24, 2.45) is 11.3 Å². The van der Waals surface area contributed by atoms with Crippen molar-refractivity contribution in [3.8, 4) is 0 Å². The summed E-state index contributed by atoms with van der Waals surface area (Å²) in [7, 11) is 0. The molecule has 0 saturated heterocycles. The van der Waals surface area contributed by atoms with Gasteiger partial charge in [0, 0.05) is 0 Å². The molecule has 0 aliphatic rings. The lowest BCUT2D eigenvalue weighted by Crippen LogP contribution is -2.07. The fraction of sp³-hybridized carbons (Fsp3) is 0.750. The number of rotatable bonds is 5. The summed E-state index contributed by atoms with van der Waals surface area (Å²) in [5.41, 5.74) is 0.379. The summed E-state index contributed by atoms with van der Waals surface area (Å²) in [6.45, 7) is 12.8. The molecule has 0 saturated carbocycles. The van der Waals surface area contributed by atoms with E-state index in [0.29, 0.717) is 11.3 Å². The molecule has 0 aliphatic carbocycles. The first kappa shape index (κ1) is 11.7. The molecule has 0 aromatic rings. The molecule has 0 heterocycles. The largest absolute Gasteiger partial charge is 0.0911 e. The molecule has 0 bridgehead atoms. The third kappa shape index (κ3) is 6.45. The smallest absolute Gasteiger partial charge is 0.0175 e. The summed E-state index contributed by atoms with van der Waals surface area (Å²) in [5.74, 6) is 0.603. The lowest BCUT2D eigenvalue weighted by molar-refractivity contribution is 0.400. The minimum absolute atomic E-state index is 0.379. The van der Waals surface area contributed by atoms with Gasteiger partial charge in [0.25, 0.3) is 0 Å². The first-order chi connectivity index (χ1) is 5.48. The zero-order chi connectivity index (χ0) is 9.61. The second-order valence-electron chi connectivity index (χ2n) is 4.49. The fourth-order valence-electron chi connectivity index (χ4n) is 1.44. The summed E-state index contributed by atoms with van der Waals surface area (Å²) in [6.07, 6.45) is 8.26. The zero-order valence-corrected chi connectivity index (χ0v) is 9.06. The van der Waals surface area contributed by atoms with E-state index in [1.807, 2.05) is 0 Å². The Balaban J connectivity index is 3.61. The van der Waals surface area contributed by atoms with Crippen molar-refractivity contribution in [1.29, 1.82) is 0 Å². The molecule has 0 aliphatic heterocycles. The summed E-state index contributed by atoms with van der Waals surface area (Å²) in [5, 5.41) is 0. The van der Waals surface area contributed by atoms with Crippen molar-refractivity contribution >= 4 is 0 Å². The highest BCUT2D eigenvalue weighted by atomic mass is 14.2. The summed E-state index contributed by atoms with van der Waals surface area (Å²) in [6, 6.07) is 0. The van der Waals surface area contributed by atoms with Crippen molar-refractivity contribution < 1.29 is 0 Å². The van der Waals surface area contributed by atoms with Gasteiger partial charge in [-0.2, -0.15) is 0 Å².